The third kappa shape index (κ3) is 1.97. The second kappa shape index (κ2) is 4.61. The number of fused-ring (bicyclic) bond motifs is 1. The lowest BCUT2D eigenvalue weighted by Crippen LogP contribution is -2.24. The van der Waals surface area contributed by atoms with Crippen molar-refractivity contribution < 1.29 is 0 Å². The van der Waals surface area contributed by atoms with Crippen molar-refractivity contribution in [3.63, 3.8) is 0 Å². The Morgan fingerprint density at radius 1 is 1.37 bits per heavy atom. The topological polar surface area (TPSA) is 47.1 Å². The van der Waals surface area contributed by atoms with Gasteiger partial charge in [-0.15, -0.1) is 0 Å². The Morgan fingerprint density at radius 2 is 2.21 bits per heavy atom. The number of benzene rings is 1. The molecule has 1 aliphatic heterocycles. The molecule has 1 aromatic heterocycles. The molecule has 0 unspecified atom stereocenters. The molecule has 0 saturated carbocycles. The van der Waals surface area contributed by atoms with Crippen LogP contribution in [-0.2, 0) is 13.0 Å². The molecule has 4 nitrogen and oxygen atoms in total. The van der Waals surface area contributed by atoms with Gasteiger partial charge in [0.15, 0.2) is 0 Å². The van der Waals surface area contributed by atoms with E-state index in [1.807, 2.05) is 10.9 Å². The molecule has 4 heteroatoms. The molecular weight excluding hydrogens is 236 g/mol. The molecule has 0 fully saturated rings. The van der Waals surface area contributed by atoms with Gasteiger partial charge in [-0.05, 0) is 37.5 Å². The summed E-state index contributed by atoms with van der Waals surface area (Å²) in [6.45, 7) is 4.06. The van der Waals surface area contributed by atoms with E-state index >= 15 is 0 Å². The standard InChI is InChI=1S/C15H20N4/c1-3-19-10-17-14(15(19)16)12-6-7-13-11(9-12)5-4-8-18(13)2/h6-7,9-10H,3-5,8,16H2,1-2H3. The Bertz CT molecular complexity index is 600. The predicted octanol–water partition coefficient (Wildman–Crippen LogP) is 2.53. The average molecular weight is 256 g/mol. The maximum Gasteiger partial charge on any atom is 0.131 e. The van der Waals surface area contributed by atoms with E-state index in [1.54, 1.807) is 0 Å². The summed E-state index contributed by atoms with van der Waals surface area (Å²) in [5.41, 5.74) is 10.9. The van der Waals surface area contributed by atoms with Gasteiger partial charge in [-0.1, -0.05) is 6.07 Å². The van der Waals surface area contributed by atoms with Gasteiger partial charge in [0, 0.05) is 31.4 Å². The van der Waals surface area contributed by atoms with Crippen LogP contribution in [0.3, 0.4) is 0 Å². The molecule has 0 saturated heterocycles. The first-order valence-electron chi connectivity index (χ1n) is 6.85. The van der Waals surface area contributed by atoms with Crippen LogP contribution in [0.25, 0.3) is 11.3 Å². The minimum atomic E-state index is 0.756. The zero-order valence-corrected chi connectivity index (χ0v) is 11.6. The molecule has 0 amide bonds. The van der Waals surface area contributed by atoms with Crippen LogP contribution < -0.4 is 10.6 Å². The van der Waals surface area contributed by atoms with Crippen LogP contribution in [-0.4, -0.2) is 23.1 Å². The van der Waals surface area contributed by atoms with Crippen molar-refractivity contribution in [2.75, 3.05) is 24.2 Å². The SMILES string of the molecule is CCn1cnc(-c2ccc3c(c2)CCCN3C)c1N. The van der Waals surface area contributed by atoms with Gasteiger partial charge < -0.3 is 15.2 Å². The normalized spacial score (nSPS) is 14.5. The Kier molecular flexibility index (Phi) is 2.93. The first-order valence-corrected chi connectivity index (χ1v) is 6.85. The molecule has 2 heterocycles. The highest BCUT2D eigenvalue weighted by atomic mass is 15.1. The zero-order valence-electron chi connectivity index (χ0n) is 11.6. The molecule has 2 N–H and O–H groups in total. The highest BCUT2D eigenvalue weighted by molar-refractivity contribution is 5.74. The van der Waals surface area contributed by atoms with Crippen LogP contribution in [0.2, 0.25) is 0 Å². The van der Waals surface area contributed by atoms with E-state index in [2.05, 4.69) is 42.1 Å². The van der Waals surface area contributed by atoms with E-state index in [-0.39, 0.29) is 0 Å². The zero-order chi connectivity index (χ0) is 13.4. The van der Waals surface area contributed by atoms with E-state index < -0.39 is 0 Å². The van der Waals surface area contributed by atoms with Crippen LogP contribution in [0.5, 0.6) is 0 Å². The number of nitrogens with two attached hydrogens (primary N) is 1. The summed E-state index contributed by atoms with van der Waals surface area (Å²) >= 11 is 0. The quantitative estimate of drug-likeness (QED) is 0.898. The smallest absolute Gasteiger partial charge is 0.131 e. The molecule has 3 rings (SSSR count). The highest BCUT2D eigenvalue weighted by Gasteiger charge is 2.16. The van der Waals surface area contributed by atoms with Crippen molar-refractivity contribution >= 4 is 11.5 Å². The van der Waals surface area contributed by atoms with Crippen LogP contribution >= 0.6 is 0 Å². The molecule has 1 aliphatic rings. The summed E-state index contributed by atoms with van der Waals surface area (Å²) in [4.78, 5) is 6.77. The first kappa shape index (κ1) is 12.1. The average Bonchev–Trinajstić information content (AvgIpc) is 2.80. The number of nitrogens with zero attached hydrogens (tertiary/aromatic N) is 3. The summed E-state index contributed by atoms with van der Waals surface area (Å²) in [5, 5.41) is 0. The Balaban J connectivity index is 2.04. The predicted molar refractivity (Wildman–Crippen MR) is 79.3 cm³/mol. The van der Waals surface area contributed by atoms with Gasteiger partial charge in [-0.2, -0.15) is 0 Å². The van der Waals surface area contributed by atoms with Gasteiger partial charge in [0.05, 0.1) is 6.33 Å². The lowest BCUT2D eigenvalue weighted by Gasteiger charge is -2.27. The van der Waals surface area contributed by atoms with Gasteiger partial charge in [-0.25, -0.2) is 4.98 Å². The van der Waals surface area contributed by atoms with Crippen molar-refractivity contribution in [3.8, 4) is 11.3 Å². The van der Waals surface area contributed by atoms with Gasteiger partial charge in [-0.3, -0.25) is 0 Å². The van der Waals surface area contributed by atoms with Gasteiger partial charge >= 0.3 is 0 Å². The maximum atomic E-state index is 6.14. The summed E-state index contributed by atoms with van der Waals surface area (Å²) in [7, 11) is 2.15. The molecule has 0 atom stereocenters. The summed E-state index contributed by atoms with van der Waals surface area (Å²) in [6, 6.07) is 6.55. The number of imidazole rings is 1. The molecule has 100 valence electrons. The van der Waals surface area contributed by atoms with Crippen molar-refractivity contribution in [2.45, 2.75) is 26.3 Å². The molecule has 19 heavy (non-hydrogen) atoms. The fourth-order valence-electron chi connectivity index (χ4n) is 2.80. The largest absolute Gasteiger partial charge is 0.383 e. The van der Waals surface area contributed by atoms with Crippen molar-refractivity contribution in [3.05, 3.63) is 30.1 Å². The second-order valence-corrected chi connectivity index (χ2v) is 5.13. The molecule has 2 aromatic rings. The number of nitrogen functional groups attached to an aromatic ring is 1. The van der Waals surface area contributed by atoms with Crippen molar-refractivity contribution in [1.82, 2.24) is 9.55 Å². The van der Waals surface area contributed by atoms with Crippen LogP contribution in [0.4, 0.5) is 11.5 Å². The molecule has 0 bridgehead atoms. The Hall–Kier alpha value is -1.97. The number of hydrogen-bond donors (Lipinski definition) is 1. The Labute approximate surface area is 113 Å². The molecule has 0 aliphatic carbocycles. The number of anilines is 2. The fourth-order valence-corrected chi connectivity index (χ4v) is 2.80. The minimum Gasteiger partial charge on any atom is -0.383 e. The van der Waals surface area contributed by atoms with E-state index in [4.69, 9.17) is 5.73 Å². The van der Waals surface area contributed by atoms with Crippen molar-refractivity contribution in [1.29, 1.82) is 0 Å². The lowest BCUT2D eigenvalue weighted by molar-refractivity contribution is 0.745. The maximum absolute atomic E-state index is 6.14. The molecule has 0 spiro atoms. The third-order valence-corrected chi connectivity index (χ3v) is 3.92. The van der Waals surface area contributed by atoms with Crippen LogP contribution in [0, 0.1) is 0 Å². The summed E-state index contributed by atoms with van der Waals surface area (Å²) < 4.78 is 1.97. The van der Waals surface area contributed by atoms with E-state index in [9.17, 15) is 0 Å². The lowest BCUT2D eigenvalue weighted by atomic mass is 9.98. The van der Waals surface area contributed by atoms with Crippen LogP contribution in [0.15, 0.2) is 24.5 Å². The third-order valence-electron chi connectivity index (χ3n) is 3.92. The molecule has 0 radical (unpaired) electrons. The number of hydrogen-bond acceptors (Lipinski definition) is 3. The molecule has 1 aromatic carbocycles. The number of aromatic nitrogens is 2. The van der Waals surface area contributed by atoms with Gasteiger partial charge in [0.1, 0.15) is 11.5 Å². The minimum absolute atomic E-state index is 0.756. The first-order chi connectivity index (χ1) is 9.20. The van der Waals surface area contributed by atoms with E-state index in [1.165, 1.54) is 17.7 Å². The number of rotatable bonds is 2. The summed E-state index contributed by atoms with van der Waals surface area (Å²) in [5.74, 6) is 0.756. The number of aryl methyl sites for hydroxylation is 2. The second-order valence-electron chi connectivity index (χ2n) is 5.13. The molecular formula is C15H20N4. The van der Waals surface area contributed by atoms with E-state index in [0.29, 0.717) is 0 Å². The Morgan fingerprint density at radius 3 is 2.95 bits per heavy atom. The van der Waals surface area contributed by atoms with Crippen molar-refractivity contribution in [2.24, 2.45) is 0 Å². The fraction of sp³-hybridized carbons (Fsp3) is 0.400. The van der Waals surface area contributed by atoms with Gasteiger partial charge in [0.2, 0.25) is 0 Å². The monoisotopic (exact) mass is 256 g/mol. The van der Waals surface area contributed by atoms with E-state index in [0.717, 1.165) is 36.6 Å². The van der Waals surface area contributed by atoms with Crippen LogP contribution in [0.1, 0.15) is 18.9 Å². The van der Waals surface area contributed by atoms with Gasteiger partial charge in [0.25, 0.3) is 0 Å². The summed E-state index contributed by atoms with van der Waals surface area (Å²) in [6.07, 6.45) is 4.17. The highest BCUT2D eigenvalue weighted by Crippen LogP contribution is 2.32.